The van der Waals surface area contributed by atoms with Crippen LogP contribution in [0.2, 0.25) is 10.0 Å². The van der Waals surface area contributed by atoms with Crippen LogP contribution in [0, 0.1) is 6.92 Å². The number of likely N-dealkylation sites (tertiary alicyclic amines) is 1. The number of amides is 3. The van der Waals surface area contributed by atoms with E-state index in [1.54, 1.807) is 25.1 Å². The Morgan fingerprint density at radius 3 is 2.47 bits per heavy atom. The lowest BCUT2D eigenvalue weighted by atomic mass is 9.94. The summed E-state index contributed by atoms with van der Waals surface area (Å²) >= 11 is 12.0. The van der Waals surface area contributed by atoms with E-state index in [0.717, 1.165) is 32.5 Å². The lowest BCUT2D eigenvalue weighted by Gasteiger charge is -2.23. The van der Waals surface area contributed by atoms with Crippen LogP contribution in [-0.2, 0) is 4.79 Å². The molecule has 3 rings (SSSR count). The number of anilines is 1. The first kappa shape index (κ1) is 24.4. The highest BCUT2D eigenvalue weighted by Crippen LogP contribution is 2.23. The normalized spacial score (nSPS) is 17.1. The zero-order chi connectivity index (χ0) is 23.1. The van der Waals surface area contributed by atoms with Crippen LogP contribution in [0.15, 0.2) is 42.5 Å². The first-order chi connectivity index (χ1) is 15.3. The van der Waals surface area contributed by atoms with Crippen molar-refractivity contribution >= 4 is 40.8 Å². The van der Waals surface area contributed by atoms with E-state index < -0.39 is 0 Å². The van der Waals surface area contributed by atoms with Gasteiger partial charge in [-0.25, -0.2) is 4.79 Å². The van der Waals surface area contributed by atoms with Crippen LogP contribution < -0.4 is 16.0 Å². The van der Waals surface area contributed by atoms with Crippen LogP contribution in [0.5, 0.6) is 0 Å². The number of carbonyl (C=O) groups is 2. The maximum Gasteiger partial charge on any atom is 0.319 e. The third-order valence-electron chi connectivity index (χ3n) is 5.65. The molecule has 1 aliphatic heterocycles. The third-order valence-corrected chi connectivity index (χ3v) is 6.09. The van der Waals surface area contributed by atoms with Gasteiger partial charge in [-0.1, -0.05) is 53.0 Å². The molecule has 2 aromatic rings. The second-order valence-corrected chi connectivity index (χ2v) is 9.25. The Morgan fingerprint density at radius 1 is 1.12 bits per heavy atom. The summed E-state index contributed by atoms with van der Waals surface area (Å²) in [6, 6.07) is 13.3. The van der Waals surface area contributed by atoms with Crippen LogP contribution >= 0.6 is 23.2 Å². The van der Waals surface area contributed by atoms with Gasteiger partial charge in [0.05, 0.1) is 0 Å². The third kappa shape index (κ3) is 7.69. The zero-order valence-electron chi connectivity index (χ0n) is 18.5. The van der Waals surface area contributed by atoms with Crippen molar-refractivity contribution in [3.8, 4) is 0 Å². The summed E-state index contributed by atoms with van der Waals surface area (Å²) in [5.74, 6) is 0.190. The molecule has 1 fully saturated rings. The van der Waals surface area contributed by atoms with Crippen LogP contribution in [0.4, 0.5) is 10.5 Å². The van der Waals surface area contributed by atoms with Gasteiger partial charge >= 0.3 is 6.03 Å². The molecule has 32 heavy (non-hydrogen) atoms. The molecule has 0 aromatic heterocycles. The largest absolute Gasteiger partial charge is 0.352 e. The first-order valence-corrected chi connectivity index (χ1v) is 11.6. The van der Waals surface area contributed by atoms with Crippen molar-refractivity contribution in [2.45, 2.75) is 38.6 Å². The second-order valence-electron chi connectivity index (χ2n) is 8.38. The highest BCUT2D eigenvalue weighted by atomic mass is 35.5. The van der Waals surface area contributed by atoms with E-state index in [2.05, 4.69) is 52.0 Å². The minimum atomic E-state index is -0.299. The summed E-state index contributed by atoms with van der Waals surface area (Å²) in [5.41, 5.74) is 2.95. The molecule has 3 N–H and O–H groups in total. The highest BCUT2D eigenvalue weighted by Gasteiger charge is 2.24. The summed E-state index contributed by atoms with van der Waals surface area (Å²) < 4.78 is 0. The second kappa shape index (κ2) is 11.5. The summed E-state index contributed by atoms with van der Waals surface area (Å²) in [4.78, 5) is 26.2. The number of halogens is 2. The number of hydrogen-bond donors (Lipinski definition) is 3. The molecule has 1 saturated heterocycles. The molecule has 2 unspecified atom stereocenters. The van der Waals surface area contributed by atoms with Gasteiger partial charge in [-0.2, -0.15) is 0 Å². The molecule has 0 aliphatic carbocycles. The fourth-order valence-electron chi connectivity index (χ4n) is 4.02. The van der Waals surface area contributed by atoms with Gasteiger partial charge in [0, 0.05) is 54.3 Å². The Labute approximate surface area is 199 Å². The van der Waals surface area contributed by atoms with Crippen molar-refractivity contribution in [3.05, 3.63) is 63.6 Å². The van der Waals surface area contributed by atoms with Crippen LogP contribution in [0.3, 0.4) is 0 Å². The quantitative estimate of drug-likeness (QED) is 0.511. The summed E-state index contributed by atoms with van der Waals surface area (Å²) in [5, 5.41) is 9.71. The molecule has 172 valence electrons. The van der Waals surface area contributed by atoms with E-state index >= 15 is 0 Å². The SMILES string of the molecule is CC(=O)NC1CCN(CCC(CNC(=O)Nc2cc(Cl)cc(Cl)c2)c2ccc(C)cc2)C1. The average molecular weight is 477 g/mol. The molecule has 3 amide bonds. The number of aryl methyl sites for hydroxylation is 1. The summed E-state index contributed by atoms with van der Waals surface area (Å²) in [6.07, 6.45) is 1.87. The molecule has 8 heteroatoms. The number of rotatable bonds is 8. The molecule has 6 nitrogen and oxygen atoms in total. The van der Waals surface area contributed by atoms with Crippen LogP contribution in [0.25, 0.3) is 0 Å². The summed E-state index contributed by atoms with van der Waals surface area (Å²) in [6.45, 7) is 6.86. The molecular formula is C24H30Cl2N4O2. The number of nitrogens with zero attached hydrogens (tertiary/aromatic N) is 1. The van der Waals surface area contributed by atoms with E-state index in [4.69, 9.17) is 23.2 Å². The van der Waals surface area contributed by atoms with E-state index in [0.29, 0.717) is 22.3 Å². The van der Waals surface area contributed by atoms with Gasteiger partial charge in [-0.05, 0) is 50.1 Å². The smallest absolute Gasteiger partial charge is 0.319 e. The van der Waals surface area contributed by atoms with Gasteiger partial charge in [0.1, 0.15) is 0 Å². The first-order valence-electron chi connectivity index (χ1n) is 10.9. The Bertz CT molecular complexity index is 916. The summed E-state index contributed by atoms with van der Waals surface area (Å²) in [7, 11) is 0. The molecule has 0 spiro atoms. The van der Waals surface area contributed by atoms with Crippen molar-refractivity contribution in [3.63, 3.8) is 0 Å². The minimum absolute atomic E-state index is 0.0191. The predicted molar refractivity (Wildman–Crippen MR) is 131 cm³/mol. The van der Waals surface area contributed by atoms with E-state index in [1.807, 2.05) is 0 Å². The monoisotopic (exact) mass is 476 g/mol. The maximum atomic E-state index is 12.5. The molecule has 1 heterocycles. The van der Waals surface area contributed by atoms with Crippen LogP contribution in [0.1, 0.15) is 36.8 Å². The fourth-order valence-corrected chi connectivity index (χ4v) is 4.55. The molecular weight excluding hydrogens is 447 g/mol. The van der Waals surface area contributed by atoms with Gasteiger partial charge in [0.15, 0.2) is 0 Å². The highest BCUT2D eigenvalue weighted by molar-refractivity contribution is 6.35. The van der Waals surface area contributed by atoms with Gasteiger partial charge in [-0.3, -0.25) is 4.79 Å². The molecule has 0 radical (unpaired) electrons. The standard InChI is InChI=1S/C24H30Cl2N4O2/c1-16-3-5-18(6-4-16)19(7-9-30-10-8-22(15-30)28-17(2)31)14-27-24(32)29-23-12-20(25)11-21(26)13-23/h3-6,11-13,19,22H,7-10,14-15H2,1-2H3,(H,28,31)(H2,27,29,32). The topological polar surface area (TPSA) is 73.5 Å². The molecule has 0 bridgehead atoms. The van der Waals surface area contributed by atoms with E-state index in [1.165, 1.54) is 11.1 Å². The number of carbonyl (C=O) groups excluding carboxylic acids is 2. The van der Waals surface area contributed by atoms with E-state index in [-0.39, 0.29) is 23.9 Å². The van der Waals surface area contributed by atoms with Gasteiger partial charge in [0.25, 0.3) is 0 Å². The zero-order valence-corrected chi connectivity index (χ0v) is 20.0. The lowest BCUT2D eigenvalue weighted by molar-refractivity contribution is -0.119. The van der Waals surface area contributed by atoms with E-state index in [9.17, 15) is 9.59 Å². The Morgan fingerprint density at radius 2 is 1.81 bits per heavy atom. The number of urea groups is 1. The number of hydrogen-bond acceptors (Lipinski definition) is 3. The van der Waals surface area contributed by atoms with Crippen molar-refractivity contribution < 1.29 is 9.59 Å². The molecule has 0 saturated carbocycles. The van der Waals surface area contributed by atoms with Crippen molar-refractivity contribution in [2.24, 2.45) is 0 Å². The average Bonchev–Trinajstić information content (AvgIpc) is 3.14. The number of benzene rings is 2. The predicted octanol–water partition coefficient (Wildman–Crippen LogP) is 4.81. The van der Waals surface area contributed by atoms with Crippen molar-refractivity contribution in [1.82, 2.24) is 15.5 Å². The van der Waals surface area contributed by atoms with Gasteiger partial charge in [0.2, 0.25) is 5.91 Å². The Balaban J connectivity index is 1.57. The van der Waals surface area contributed by atoms with Crippen molar-refractivity contribution in [1.29, 1.82) is 0 Å². The Hall–Kier alpha value is -2.28. The molecule has 2 atom stereocenters. The minimum Gasteiger partial charge on any atom is -0.352 e. The van der Waals surface area contributed by atoms with Gasteiger partial charge < -0.3 is 20.9 Å². The Kier molecular flexibility index (Phi) is 8.79. The van der Waals surface area contributed by atoms with Crippen molar-refractivity contribution in [2.75, 3.05) is 31.5 Å². The van der Waals surface area contributed by atoms with Crippen LogP contribution in [-0.4, -0.2) is 49.1 Å². The fraction of sp³-hybridized carbons (Fsp3) is 0.417. The van der Waals surface area contributed by atoms with Gasteiger partial charge in [-0.15, -0.1) is 0 Å². The maximum absolute atomic E-state index is 12.5. The molecule has 2 aromatic carbocycles. The lowest BCUT2D eigenvalue weighted by Crippen LogP contribution is -2.36. The number of nitrogens with one attached hydrogen (secondary N) is 3. The molecule has 1 aliphatic rings.